The van der Waals surface area contributed by atoms with Crippen molar-refractivity contribution in [2.24, 2.45) is 0 Å². The van der Waals surface area contributed by atoms with Gasteiger partial charge in [0.2, 0.25) is 5.91 Å². The Hall–Kier alpha value is -2.07. The number of rotatable bonds is 7. The molecule has 1 N–H and O–H groups in total. The lowest BCUT2D eigenvalue weighted by molar-refractivity contribution is -0.121. The Morgan fingerprint density at radius 3 is 2.77 bits per heavy atom. The predicted octanol–water partition coefficient (Wildman–Crippen LogP) is 3.25. The first-order valence-corrected chi connectivity index (χ1v) is 7.60. The fourth-order valence-electron chi connectivity index (χ4n) is 1.93. The summed E-state index contributed by atoms with van der Waals surface area (Å²) in [6.45, 7) is 2.33. The topological polar surface area (TPSA) is 51.2 Å². The predicted molar refractivity (Wildman–Crippen MR) is 87.1 cm³/mol. The zero-order valence-electron chi connectivity index (χ0n) is 12.5. The Kier molecular flexibility index (Phi) is 6.22. The lowest BCUT2D eigenvalue weighted by Crippen LogP contribution is -2.33. The van der Waals surface area contributed by atoms with Crippen molar-refractivity contribution in [3.63, 3.8) is 0 Å². The number of hydrogen-bond donors (Lipinski definition) is 1. The van der Waals surface area contributed by atoms with Crippen LogP contribution >= 0.6 is 11.6 Å². The zero-order valence-corrected chi connectivity index (χ0v) is 13.2. The third-order valence-electron chi connectivity index (χ3n) is 3.09. The molecule has 22 heavy (non-hydrogen) atoms. The molecule has 0 saturated heterocycles. The van der Waals surface area contributed by atoms with Gasteiger partial charge in [0.1, 0.15) is 11.9 Å². The van der Waals surface area contributed by atoms with Gasteiger partial charge >= 0.3 is 0 Å². The highest BCUT2D eigenvalue weighted by Gasteiger charge is 2.09. The Bertz CT molecular complexity index is 605. The highest BCUT2D eigenvalue weighted by Crippen LogP contribution is 2.23. The molecule has 1 unspecified atom stereocenters. The number of pyridine rings is 1. The van der Waals surface area contributed by atoms with Gasteiger partial charge in [-0.15, -0.1) is 0 Å². The molecule has 2 rings (SSSR count). The number of benzene rings is 1. The summed E-state index contributed by atoms with van der Waals surface area (Å²) in [5.41, 5.74) is 0.915. The molecule has 1 aromatic carbocycles. The summed E-state index contributed by atoms with van der Waals surface area (Å²) in [4.78, 5) is 16.0. The summed E-state index contributed by atoms with van der Waals surface area (Å²) in [5.74, 6) is 0.611. The Morgan fingerprint density at radius 1 is 1.27 bits per heavy atom. The molecule has 1 amide bonds. The normalized spacial score (nSPS) is 11.7. The van der Waals surface area contributed by atoms with Gasteiger partial charge in [-0.2, -0.15) is 0 Å². The van der Waals surface area contributed by atoms with Crippen LogP contribution in [0.4, 0.5) is 0 Å². The van der Waals surface area contributed by atoms with Crippen molar-refractivity contribution in [1.82, 2.24) is 10.3 Å². The van der Waals surface area contributed by atoms with Crippen molar-refractivity contribution in [3.05, 3.63) is 59.4 Å². The number of carbonyl (C=O) groups excluding carboxylic acids is 1. The van der Waals surface area contributed by atoms with E-state index in [1.807, 2.05) is 43.3 Å². The molecule has 0 bridgehead atoms. The molecule has 1 heterocycles. The van der Waals surface area contributed by atoms with Crippen LogP contribution in [0, 0.1) is 0 Å². The molecule has 0 aliphatic heterocycles. The molecule has 5 heteroatoms. The van der Waals surface area contributed by atoms with Crippen LogP contribution in [0.3, 0.4) is 0 Å². The smallest absolute Gasteiger partial charge is 0.220 e. The quantitative estimate of drug-likeness (QED) is 0.852. The van der Waals surface area contributed by atoms with Gasteiger partial charge in [0, 0.05) is 18.3 Å². The summed E-state index contributed by atoms with van der Waals surface area (Å²) in [5, 5.41) is 3.42. The third kappa shape index (κ3) is 5.37. The molecule has 0 aliphatic carbocycles. The summed E-state index contributed by atoms with van der Waals surface area (Å²) in [6, 6.07) is 13.0. The van der Waals surface area contributed by atoms with Gasteiger partial charge in [0.15, 0.2) is 0 Å². The van der Waals surface area contributed by atoms with Crippen molar-refractivity contribution in [3.8, 4) is 5.75 Å². The standard InChI is InChI=1S/C17H19ClN2O2/c1-13(22-16-8-3-2-7-15(16)18)12-20-17(21)10-9-14-6-4-5-11-19-14/h2-8,11,13H,9-10,12H2,1H3,(H,20,21). The maximum absolute atomic E-state index is 11.8. The van der Waals surface area contributed by atoms with E-state index in [1.54, 1.807) is 12.3 Å². The van der Waals surface area contributed by atoms with E-state index in [0.717, 1.165) is 5.69 Å². The molecular formula is C17H19ClN2O2. The van der Waals surface area contributed by atoms with Crippen LogP contribution in [0.25, 0.3) is 0 Å². The van der Waals surface area contributed by atoms with E-state index in [4.69, 9.17) is 16.3 Å². The Balaban J connectivity index is 1.71. The minimum atomic E-state index is -0.154. The van der Waals surface area contributed by atoms with Crippen molar-refractivity contribution in [1.29, 1.82) is 0 Å². The van der Waals surface area contributed by atoms with Crippen LogP contribution in [0.1, 0.15) is 19.0 Å². The number of amides is 1. The van der Waals surface area contributed by atoms with Gasteiger partial charge < -0.3 is 10.1 Å². The largest absolute Gasteiger partial charge is 0.487 e. The lowest BCUT2D eigenvalue weighted by atomic mass is 10.2. The van der Waals surface area contributed by atoms with E-state index in [1.165, 1.54) is 0 Å². The van der Waals surface area contributed by atoms with Crippen LogP contribution in [0.15, 0.2) is 48.7 Å². The second kappa shape index (κ2) is 8.39. The number of carbonyl (C=O) groups is 1. The van der Waals surface area contributed by atoms with E-state index in [0.29, 0.717) is 30.2 Å². The van der Waals surface area contributed by atoms with E-state index >= 15 is 0 Å². The number of para-hydroxylation sites is 1. The molecule has 0 fully saturated rings. The summed E-state index contributed by atoms with van der Waals surface area (Å²) >= 11 is 6.03. The lowest BCUT2D eigenvalue weighted by Gasteiger charge is -2.16. The van der Waals surface area contributed by atoms with Gasteiger partial charge in [-0.05, 0) is 37.6 Å². The van der Waals surface area contributed by atoms with Crippen LogP contribution in [0.5, 0.6) is 5.75 Å². The van der Waals surface area contributed by atoms with Crippen molar-refractivity contribution in [2.75, 3.05) is 6.54 Å². The van der Waals surface area contributed by atoms with E-state index in [9.17, 15) is 4.79 Å². The van der Waals surface area contributed by atoms with Crippen LogP contribution in [0.2, 0.25) is 5.02 Å². The molecule has 0 spiro atoms. The molecule has 0 saturated carbocycles. The minimum Gasteiger partial charge on any atom is -0.487 e. The molecule has 1 atom stereocenters. The van der Waals surface area contributed by atoms with Gasteiger partial charge in [-0.1, -0.05) is 29.8 Å². The summed E-state index contributed by atoms with van der Waals surface area (Å²) < 4.78 is 5.70. The molecular weight excluding hydrogens is 300 g/mol. The van der Waals surface area contributed by atoms with Gasteiger partial charge in [0.05, 0.1) is 11.6 Å². The average molecular weight is 319 g/mol. The molecule has 0 aliphatic rings. The number of aryl methyl sites for hydroxylation is 1. The Morgan fingerprint density at radius 2 is 2.05 bits per heavy atom. The van der Waals surface area contributed by atoms with Crippen molar-refractivity contribution < 1.29 is 9.53 Å². The van der Waals surface area contributed by atoms with E-state index in [-0.39, 0.29) is 12.0 Å². The van der Waals surface area contributed by atoms with Gasteiger partial charge in [0.25, 0.3) is 0 Å². The fraction of sp³-hybridized carbons (Fsp3) is 0.294. The number of halogens is 1. The number of hydrogen-bond acceptors (Lipinski definition) is 3. The van der Waals surface area contributed by atoms with Crippen LogP contribution in [-0.2, 0) is 11.2 Å². The van der Waals surface area contributed by atoms with Crippen molar-refractivity contribution in [2.45, 2.75) is 25.9 Å². The molecule has 2 aromatic rings. The summed E-state index contributed by atoms with van der Waals surface area (Å²) in [6.07, 6.45) is 2.62. The first-order valence-electron chi connectivity index (χ1n) is 7.23. The molecule has 1 aromatic heterocycles. The SMILES string of the molecule is CC(CNC(=O)CCc1ccccn1)Oc1ccccc1Cl. The molecule has 116 valence electrons. The zero-order chi connectivity index (χ0) is 15.8. The third-order valence-corrected chi connectivity index (χ3v) is 3.40. The Labute approximate surface area is 135 Å². The van der Waals surface area contributed by atoms with Crippen molar-refractivity contribution >= 4 is 17.5 Å². The fourth-order valence-corrected chi connectivity index (χ4v) is 2.11. The summed E-state index contributed by atoms with van der Waals surface area (Å²) in [7, 11) is 0. The first kappa shape index (κ1) is 16.3. The maximum Gasteiger partial charge on any atom is 0.220 e. The second-order valence-corrected chi connectivity index (χ2v) is 5.39. The highest BCUT2D eigenvalue weighted by molar-refractivity contribution is 6.32. The first-order chi connectivity index (χ1) is 10.6. The number of nitrogens with zero attached hydrogens (tertiary/aromatic N) is 1. The van der Waals surface area contributed by atoms with Gasteiger partial charge in [-0.25, -0.2) is 0 Å². The number of aromatic nitrogens is 1. The van der Waals surface area contributed by atoms with E-state index < -0.39 is 0 Å². The maximum atomic E-state index is 11.8. The minimum absolute atomic E-state index is 0.0136. The van der Waals surface area contributed by atoms with Crippen LogP contribution in [-0.4, -0.2) is 23.5 Å². The van der Waals surface area contributed by atoms with Crippen LogP contribution < -0.4 is 10.1 Å². The monoisotopic (exact) mass is 318 g/mol. The van der Waals surface area contributed by atoms with Gasteiger partial charge in [-0.3, -0.25) is 9.78 Å². The number of nitrogens with one attached hydrogen (secondary N) is 1. The average Bonchev–Trinajstić information content (AvgIpc) is 2.54. The highest BCUT2D eigenvalue weighted by atomic mass is 35.5. The number of ether oxygens (including phenoxy) is 1. The second-order valence-electron chi connectivity index (χ2n) is 4.98. The van der Waals surface area contributed by atoms with E-state index in [2.05, 4.69) is 10.3 Å². The molecule has 4 nitrogen and oxygen atoms in total. The molecule has 0 radical (unpaired) electrons.